The highest BCUT2D eigenvalue weighted by molar-refractivity contribution is 6.07. The van der Waals surface area contributed by atoms with Gasteiger partial charge in [0, 0.05) is 23.2 Å². The number of hydrazone groups is 1. The number of nitrogens with one attached hydrogen (secondary N) is 1. The number of fused-ring (bicyclic) bond motifs is 2. The van der Waals surface area contributed by atoms with Crippen LogP contribution >= 0.6 is 0 Å². The van der Waals surface area contributed by atoms with Crippen LogP contribution in [0.25, 0.3) is 22.3 Å². The molecule has 1 aromatic carbocycles. The molecule has 27 heavy (non-hydrogen) atoms. The van der Waals surface area contributed by atoms with Crippen LogP contribution in [0, 0.1) is 11.8 Å². The molecule has 0 aliphatic heterocycles. The fourth-order valence-corrected chi connectivity index (χ4v) is 3.85. The van der Waals surface area contributed by atoms with Crippen LogP contribution in [-0.4, -0.2) is 21.6 Å². The molecule has 2 aromatic heterocycles. The first kappa shape index (κ1) is 15.9. The average Bonchev–Trinajstić information content (AvgIpc) is 3.08. The van der Waals surface area contributed by atoms with Gasteiger partial charge < -0.3 is 0 Å². The van der Waals surface area contributed by atoms with Crippen molar-refractivity contribution in [1.82, 2.24) is 15.4 Å². The zero-order valence-electron chi connectivity index (χ0n) is 14.7. The van der Waals surface area contributed by atoms with E-state index < -0.39 is 0 Å². The van der Waals surface area contributed by atoms with Gasteiger partial charge in [-0.15, -0.1) is 0 Å². The number of rotatable bonds is 3. The van der Waals surface area contributed by atoms with Gasteiger partial charge in [0.1, 0.15) is 0 Å². The fourth-order valence-electron chi connectivity index (χ4n) is 3.85. The Labute approximate surface area is 156 Å². The summed E-state index contributed by atoms with van der Waals surface area (Å²) in [7, 11) is 0. The second kappa shape index (κ2) is 6.43. The number of aromatic nitrogens is 2. The third kappa shape index (κ3) is 2.81. The van der Waals surface area contributed by atoms with Crippen LogP contribution in [0.1, 0.15) is 23.2 Å². The van der Waals surface area contributed by atoms with Crippen molar-refractivity contribution in [2.24, 2.45) is 16.9 Å². The standard InChI is InChI=1S/C22H18N4O/c27-22(26-25-20-12-14-6-5-8-15(14)20)17-13-21(19-10-3-4-11-23-19)24-18-9-2-1-7-16(17)18/h1-5,7-11,13-15H,6,12H2,(H,26,27). The van der Waals surface area contributed by atoms with E-state index in [-0.39, 0.29) is 5.91 Å². The van der Waals surface area contributed by atoms with E-state index in [2.05, 4.69) is 32.6 Å². The third-order valence-corrected chi connectivity index (χ3v) is 5.34. The number of hydrogen-bond donors (Lipinski definition) is 1. The maximum atomic E-state index is 12.9. The second-order valence-electron chi connectivity index (χ2n) is 6.99. The lowest BCUT2D eigenvalue weighted by Gasteiger charge is -2.31. The number of nitrogens with zero attached hydrogens (tertiary/aromatic N) is 3. The molecule has 2 aliphatic carbocycles. The van der Waals surface area contributed by atoms with Gasteiger partial charge in [0.05, 0.1) is 22.5 Å². The normalized spacial score (nSPS) is 21.9. The molecule has 1 amide bonds. The third-order valence-electron chi connectivity index (χ3n) is 5.34. The quantitative estimate of drug-likeness (QED) is 0.571. The van der Waals surface area contributed by atoms with Gasteiger partial charge in [-0.1, -0.05) is 36.4 Å². The molecule has 2 heterocycles. The summed E-state index contributed by atoms with van der Waals surface area (Å²) < 4.78 is 0. The number of para-hydroxylation sites is 1. The molecule has 5 nitrogen and oxygen atoms in total. The van der Waals surface area contributed by atoms with Crippen LogP contribution in [0.3, 0.4) is 0 Å². The molecule has 3 aromatic rings. The minimum Gasteiger partial charge on any atom is -0.267 e. The summed E-state index contributed by atoms with van der Waals surface area (Å²) in [4.78, 5) is 21.9. The van der Waals surface area contributed by atoms with Gasteiger partial charge in [-0.2, -0.15) is 5.10 Å². The summed E-state index contributed by atoms with van der Waals surface area (Å²) in [5, 5.41) is 5.20. The van der Waals surface area contributed by atoms with E-state index in [0.717, 1.165) is 35.2 Å². The van der Waals surface area contributed by atoms with Crippen LogP contribution in [0.2, 0.25) is 0 Å². The molecule has 132 valence electrons. The number of hydrogen-bond acceptors (Lipinski definition) is 4. The van der Waals surface area contributed by atoms with Crippen molar-refractivity contribution in [1.29, 1.82) is 0 Å². The predicted octanol–water partition coefficient (Wildman–Crippen LogP) is 3.98. The molecule has 1 N–H and O–H groups in total. The van der Waals surface area contributed by atoms with Crippen molar-refractivity contribution in [2.45, 2.75) is 12.8 Å². The fraction of sp³-hybridized carbons (Fsp3) is 0.182. The minimum atomic E-state index is -0.219. The topological polar surface area (TPSA) is 67.2 Å². The molecule has 5 heteroatoms. The van der Waals surface area contributed by atoms with E-state index >= 15 is 0 Å². The highest BCUT2D eigenvalue weighted by Crippen LogP contribution is 2.40. The van der Waals surface area contributed by atoms with Crippen molar-refractivity contribution in [3.05, 3.63) is 72.4 Å². The van der Waals surface area contributed by atoms with Crippen molar-refractivity contribution in [3.8, 4) is 11.4 Å². The Kier molecular flexibility index (Phi) is 3.78. The largest absolute Gasteiger partial charge is 0.272 e. The summed E-state index contributed by atoms with van der Waals surface area (Å²) in [5.41, 5.74) is 6.55. The Morgan fingerprint density at radius 3 is 2.85 bits per heavy atom. The zero-order valence-corrected chi connectivity index (χ0v) is 14.7. The van der Waals surface area contributed by atoms with Crippen LogP contribution in [-0.2, 0) is 0 Å². The Hall–Kier alpha value is -3.34. The lowest BCUT2D eigenvalue weighted by atomic mass is 9.74. The molecular formula is C22H18N4O. The van der Waals surface area contributed by atoms with E-state index in [4.69, 9.17) is 0 Å². The summed E-state index contributed by atoms with van der Waals surface area (Å²) >= 11 is 0. The number of allylic oxidation sites excluding steroid dienone is 2. The maximum Gasteiger partial charge on any atom is 0.272 e. The van der Waals surface area contributed by atoms with Gasteiger partial charge in [-0.05, 0) is 43.0 Å². The zero-order chi connectivity index (χ0) is 18.2. The Bertz CT molecular complexity index is 1090. The first-order valence-corrected chi connectivity index (χ1v) is 9.14. The molecule has 2 aliphatic rings. The number of amides is 1. The van der Waals surface area contributed by atoms with Gasteiger partial charge in [-0.3, -0.25) is 9.78 Å². The van der Waals surface area contributed by atoms with Crippen LogP contribution < -0.4 is 5.43 Å². The van der Waals surface area contributed by atoms with Gasteiger partial charge in [0.2, 0.25) is 0 Å². The summed E-state index contributed by atoms with van der Waals surface area (Å²) in [6, 6.07) is 15.1. The predicted molar refractivity (Wildman–Crippen MR) is 105 cm³/mol. The van der Waals surface area contributed by atoms with Crippen molar-refractivity contribution in [2.75, 3.05) is 0 Å². The molecule has 0 radical (unpaired) electrons. The average molecular weight is 354 g/mol. The lowest BCUT2D eigenvalue weighted by Crippen LogP contribution is -2.35. The minimum absolute atomic E-state index is 0.219. The molecule has 1 saturated carbocycles. The lowest BCUT2D eigenvalue weighted by molar-refractivity contribution is 0.0955. The van der Waals surface area contributed by atoms with Gasteiger partial charge in [0.15, 0.2) is 0 Å². The number of carbonyl (C=O) groups excluding carboxylic acids is 1. The molecule has 1 fully saturated rings. The van der Waals surface area contributed by atoms with Crippen molar-refractivity contribution >= 4 is 22.5 Å². The second-order valence-corrected chi connectivity index (χ2v) is 6.99. The van der Waals surface area contributed by atoms with E-state index in [1.165, 1.54) is 0 Å². The van der Waals surface area contributed by atoms with Crippen LogP contribution in [0.15, 0.2) is 72.0 Å². The summed E-state index contributed by atoms with van der Waals surface area (Å²) in [6.07, 6.45) is 8.21. The number of carbonyl (C=O) groups is 1. The molecule has 2 atom stereocenters. The van der Waals surface area contributed by atoms with E-state index in [0.29, 0.717) is 23.1 Å². The van der Waals surface area contributed by atoms with E-state index in [1.807, 2.05) is 42.5 Å². The van der Waals surface area contributed by atoms with E-state index in [1.54, 1.807) is 12.3 Å². The molecular weight excluding hydrogens is 336 g/mol. The summed E-state index contributed by atoms with van der Waals surface area (Å²) in [5.74, 6) is 0.866. The monoisotopic (exact) mass is 354 g/mol. The Morgan fingerprint density at radius 2 is 2.00 bits per heavy atom. The SMILES string of the molecule is O=C(NN=C1CC2CC=CC12)c1cc(-c2ccccn2)nc2ccccc12. The van der Waals surface area contributed by atoms with Crippen LogP contribution in [0.5, 0.6) is 0 Å². The van der Waals surface area contributed by atoms with Crippen molar-refractivity contribution in [3.63, 3.8) is 0 Å². The molecule has 2 unspecified atom stereocenters. The first-order chi connectivity index (χ1) is 13.3. The highest BCUT2D eigenvalue weighted by atomic mass is 16.2. The molecule has 0 bridgehead atoms. The smallest absolute Gasteiger partial charge is 0.267 e. The van der Waals surface area contributed by atoms with Crippen LogP contribution in [0.4, 0.5) is 0 Å². The molecule has 0 spiro atoms. The Balaban J connectivity index is 1.50. The number of benzene rings is 1. The Morgan fingerprint density at radius 1 is 1.11 bits per heavy atom. The van der Waals surface area contributed by atoms with Gasteiger partial charge in [0.25, 0.3) is 5.91 Å². The summed E-state index contributed by atoms with van der Waals surface area (Å²) in [6.45, 7) is 0. The highest BCUT2D eigenvalue weighted by Gasteiger charge is 2.37. The van der Waals surface area contributed by atoms with Gasteiger partial charge in [-0.25, -0.2) is 10.4 Å². The van der Waals surface area contributed by atoms with Crippen molar-refractivity contribution < 1.29 is 4.79 Å². The number of pyridine rings is 2. The first-order valence-electron chi connectivity index (χ1n) is 9.14. The van der Waals surface area contributed by atoms with E-state index in [9.17, 15) is 4.79 Å². The maximum absolute atomic E-state index is 12.9. The molecule has 5 rings (SSSR count). The van der Waals surface area contributed by atoms with Gasteiger partial charge >= 0.3 is 0 Å². The molecule has 0 saturated heterocycles.